The highest BCUT2D eigenvalue weighted by Crippen LogP contribution is 2.18. The molecule has 3 aromatic rings. The van der Waals surface area contributed by atoms with E-state index in [0.717, 1.165) is 23.1 Å². The van der Waals surface area contributed by atoms with Crippen LogP contribution in [0.5, 0.6) is 0 Å². The number of nitrogens with zero attached hydrogens (tertiary/aromatic N) is 7. The number of hydrazone groups is 1. The number of aromatic nitrogens is 5. The Morgan fingerprint density at radius 2 is 2.13 bits per heavy atom. The standard InChI is InChI=1S/C18H20BrN9O3/c1-11(12-3-2-4-13(19)9-12)21-23-18(29)15-14(10-27-5-7-30-8-6-27)22-26-28(15)17-16(20)24-31-25-17/h2-4,9H,5-8,10H2,1H3,(H2,20,24)(H,23,29)/b21-11-. The third kappa shape index (κ3) is 4.78. The molecule has 31 heavy (non-hydrogen) atoms. The van der Waals surface area contributed by atoms with Gasteiger partial charge in [0.15, 0.2) is 5.69 Å². The van der Waals surface area contributed by atoms with Gasteiger partial charge in [-0.05, 0) is 34.9 Å². The van der Waals surface area contributed by atoms with Gasteiger partial charge >= 0.3 is 0 Å². The predicted molar refractivity (Wildman–Crippen MR) is 114 cm³/mol. The van der Waals surface area contributed by atoms with E-state index in [2.05, 4.69) is 56.6 Å². The normalized spacial score (nSPS) is 15.2. The first-order valence-electron chi connectivity index (χ1n) is 9.46. The van der Waals surface area contributed by atoms with Crippen LogP contribution in [0.2, 0.25) is 0 Å². The lowest BCUT2D eigenvalue weighted by molar-refractivity contribution is 0.0335. The largest absolute Gasteiger partial charge is 0.379 e. The van der Waals surface area contributed by atoms with Gasteiger partial charge in [-0.1, -0.05) is 33.3 Å². The van der Waals surface area contributed by atoms with Gasteiger partial charge in [0.25, 0.3) is 5.91 Å². The molecule has 0 bridgehead atoms. The Kier molecular flexibility index (Phi) is 6.34. The molecule has 1 saturated heterocycles. The first-order valence-corrected chi connectivity index (χ1v) is 10.3. The minimum absolute atomic E-state index is 0.00862. The first-order chi connectivity index (χ1) is 15.0. The fourth-order valence-electron chi connectivity index (χ4n) is 3.07. The lowest BCUT2D eigenvalue weighted by atomic mass is 10.1. The maximum atomic E-state index is 13.1. The highest BCUT2D eigenvalue weighted by molar-refractivity contribution is 9.10. The van der Waals surface area contributed by atoms with Gasteiger partial charge in [-0.3, -0.25) is 9.69 Å². The minimum atomic E-state index is -0.509. The highest BCUT2D eigenvalue weighted by atomic mass is 79.9. The van der Waals surface area contributed by atoms with E-state index in [1.54, 1.807) is 6.92 Å². The van der Waals surface area contributed by atoms with Crippen LogP contribution in [-0.2, 0) is 11.3 Å². The summed E-state index contributed by atoms with van der Waals surface area (Å²) in [4.78, 5) is 15.2. The second-order valence-electron chi connectivity index (χ2n) is 6.81. The van der Waals surface area contributed by atoms with Crippen molar-refractivity contribution >= 4 is 33.4 Å². The number of nitrogens with one attached hydrogen (secondary N) is 1. The Labute approximate surface area is 185 Å². The topological polar surface area (TPSA) is 150 Å². The summed E-state index contributed by atoms with van der Waals surface area (Å²) in [5, 5.41) is 19.7. The molecule has 4 rings (SSSR count). The summed E-state index contributed by atoms with van der Waals surface area (Å²) < 4.78 is 12.2. The summed E-state index contributed by atoms with van der Waals surface area (Å²) in [7, 11) is 0. The molecule has 12 nitrogen and oxygen atoms in total. The van der Waals surface area contributed by atoms with Crippen molar-refractivity contribution in [3.05, 3.63) is 45.7 Å². The maximum absolute atomic E-state index is 13.1. The molecule has 13 heteroatoms. The van der Waals surface area contributed by atoms with E-state index in [1.807, 2.05) is 24.3 Å². The summed E-state index contributed by atoms with van der Waals surface area (Å²) in [6, 6.07) is 7.60. The molecule has 0 aliphatic carbocycles. The number of hydrogen-bond acceptors (Lipinski definition) is 10. The van der Waals surface area contributed by atoms with Gasteiger partial charge < -0.3 is 10.5 Å². The Morgan fingerprint density at radius 3 is 2.84 bits per heavy atom. The summed E-state index contributed by atoms with van der Waals surface area (Å²) in [6.07, 6.45) is 0. The number of amides is 1. The van der Waals surface area contributed by atoms with E-state index >= 15 is 0 Å². The fourth-order valence-corrected chi connectivity index (χ4v) is 3.47. The SMILES string of the molecule is C/C(=N/NC(=O)c1c(CN2CCOCC2)nnn1-c1nonc1N)c1cccc(Br)c1. The number of carbonyl (C=O) groups is 1. The van der Waals surface area contributed by atoms with E-state index < -0.39 is 5.91 Å². The molecule has 0 unspecified atom stereocenters. The van der Waals surface area contributed by atoms with Crippen LogP contribution in [-0.4, -0.2) is 68.1 Å². The molecule has 1 aliphatic rings. The van der Waals surface area contributed by atoms with Crippen molar-refractivity contribution in [3.63, 3.8) is 0 Å². The first kappa shape index (κ1) is 21.1. The number of halogens is 1. The lowest BCUT2D eigenvalue weighted by Gasteiger charge is -2.25. The summed E-state index contributed by atoms with van der Waals surface area (Å²) >= 11 is 3.43. The van der Waals surface area contributed by atoms with Crippen LogP contribution >= 0.6 is 15.9 Å². The molecule has 1 fully saturated rings. The molecule has 162 valence electrons. The van der Waals surface area contributed by atoms with E-state index in [1.165, 1.54) is 4.68 Å². The lowest BCUT2D eigenvalue weighted by Crippen LogP contribution is -2.36. The molecule has 0 radical (unpaired) electrons. The smallest absolute Gasteiger partial charge is 0.292 e. The number of carbonyl (C=O) groups excluding carboxylic acids is 1. The van der Waals surface area contributed by atoms with Gasteiger partial charge in [0.1, 0.15) is 5.69 Å². The molecule has 1 amide bonds. The Bertz CT molecular complexity index is 1100. The minimum Gasteiger partial charge on any atom is -0.379 e. The number of benzene rings is 1. The van der Waals surface area contributed by atoms with Crippen molar-refractivity contribution in [1.29, 1.82) is 0 Å². The monoisotopic (exact) mass is 489 g/mol. The van der Waals surface area contributed by atoms with Gasteiger partial charge in [-0.2, -0.15) is 9.78 Å². The number of morpholine rings is 1. The third-order valence-corrected chi connectivity index (χ3v) is 5.19. The molecule has 3 heterocycles. The second-order valence-corrected chi connectivity index (χ2v) is 7.72. The van der Waals surface area contributed by atoms with Crippen molar-refractivity contribution < 1.29 is 14.2 Å². The highest BCUT2D eigenvalue weighted by Gasteiger charge is 2.26. The van der Waals surface area contributed by atoms with Gasteiger partial charge in [-0.25, -0.2) is 10.1 Å². The third-order valence-electron chi connectivity index (χ3n) is 4.70. The molecule has 2 aromatic heterocycles. The average Bonchev–Trinajstić information content (AvgIpc) is 3.38. The molecular formula is C18H20BrN9O3. The molecule has 3 N–H and O–H groups in total. The quantitative estimate of drug-likeness (QED) is 0.381. The number of nitrogen functional groups attached to an aromatic ring is 1. The van der Waals surface area contributed by atoms with E-state index in [0.29, 0.717) is 31.2 Å². The zero-order valence-corrected chi connectivity index (χ0v) is 18.2. The summed E-state index contributed by atoms with van der Waals surface area (Å²) in [6.45, 7) is 4.89. The van der Waals surface area contributed by atoms with Crippen LogP contribution in [0.1, 0.15) is 28.7 Å². The van der Waals surface area contributed by atoms with Gasteiger partial charge in [0.05, 0.1) is 18.9 Å². The Hall–Kier alpha value is -3.16. The Balaban J connectivity index is 1.62. The predicted octanol–water partition coefficient (Wildman–Crippen LogP) is 0.981. The van der Waals surface area contributed by atoms with E-state index in [-0.39, 0.29) is 17.3 Å². The molecule has 0 spiro atoms. The number of ether oxygens (including phenoxy) is 1. The van der Waals surface area contributed by atoms with Crippen LogP contribution in [0.4, 0.5) is 5.82 Å². The van der Waals surface area contributed by atoms with Crippen molar-refractivity contribution in [3.8, 4) is 5.82 Å². The summed E-state index contributed by atoms with van der Waals surface area (Å²) in [5.74, 6) is -0.436. The van der Waals surface area contributed by atoms with Gasteiger partial charge in [-0.15, -0.1) is 5.10 Å². The van der Waals surface area contributed by atoms with Crippen LogP contribution in [0.25, 0.3) is 5.82 Å². The van der Waals surface area contributed by atoms with Crippen molar-refractivity contribution in [2.24, 2.45) is 5.10 Å². The second kappa shape index (κ2) is 9.32. The maximum Gasteiger partial charge on any atom is 0.292 e. The van der Waals surface area contributed by atoms with Crippen LogP contribution in [0, 0.1) is 0 Å². The van der Waals surface area contributed by atoms with Crippen LogP contribution in [0.3, 0.4) is 0 Å². The van der Waals surface area contributed by atoms with Crippen molar-refractivity contribution in [2.45, 2.75) is 13.5 Å². The summed E-state index contributed by atoms with van der Waals surface area (Å²) in [5.41, 5.74) is 10.5. The van der Waals surface area contributed by atoms with E-state index in [4.69, 9.17) is 10.5 Å². The van der Waals surface area contributed by atoms with Crippen molar-refractivity contribution in [2.75, 3.05) is 32.0 Å². The van der Waals surface area contributed by atoms with Gasteiger partial charge in [0.2, 0.25) is 11.6 Å². The van der Waals surface area contributed by atoms with Crippen molar-refractivity contribution in [1.82, 2.24) is 35.6 Å². The van der Waals surface area contributed by atoms with Crippen LogP contribution in [0.15, 0.2) is 38.5 Å². The van der Waals surface area contributed by atoms with Crippen LogP contribution < -0.4 is 11.2 Å². The molecule has 0 saturated carbocycles. The number of rotatable bonds is 6. The number of anilines is 1. The zero-order valence-electron chi connectivity index (χ0n) is 16.7. The fraction of sp³-hybridized carbons (Fsp3) is 0.333. The molecule has 1 aromatic carbocycles. The van der Waals surface area contributed by atoms with Gasteiger partial charge in [0, 0.05) is 24.1 Å². The van der Waals surface area contributed by atoms with E-state index in [9.17, 15) is 4.79 Å². The zero-order chi connectivity index (χ0) is 21.8. The molecule has 0 atom stereocenters. The number of nitrogens with two attached hydrogens (primary N) is 1. The number of hydrogen-bond donors (Lipinski definition) is 2. The average molecular weight is 490 g/mol. The molecule has 1 aliphatic heterocycles. The molecular weight excluding hydrogens is 470 g/mol. The Morgan fingerprint density at radius 1 is 1.32 bits per heavy atom.